The Morgan fingerprint density at radius 3 is 2.87 bits per heavy atom. The van der Waals surface area contributed by atoms with Gasteiger partial charge in [0.05, 0.1) is 6.54 Å². The standard InChI is InChI=1S/C17H24N2O4/c1-19(13-5-3-2-4-6-13)17(20)18-9-10-21-14-7-8-15-16(11-14)23-12-22-15/h7-8,11,13H,2-6,9-10,12H2,1H3,(H,18,20). The lowest BCUT2D eigenvalue weighted by Gasteiger charge is -2.31. The van der Waals surface area contributed by atoms with Crippen LogP contribution in [-0.4, -0.2) is 44.0 Å². The highest BCUT2D eigenvalue weighted by atomic mass is 16.7. The molecule has 3 rings (SSSR count). The predicted molar refractivity (Wildman–Crippen MR) is 86.1 cm³/mol. The number of ether oxygens (including phenoxy) is 3. The van der Waals surface area contributed by atoms with Crippen LogP contribution in [0.25, 0.3) is 0 Å². The zero-order chi connectivity index (χ0) is 16.1. The van der Waals surface area contributed by atoms with Crippen molar-refractivity contribution in [3.63, 3.8) is 0 Å². The molecule has 0 atom stereocenters. The fraction of sp³-hybridized carbons (Fsp3) is 0.588. The quantitative estimate of drug-likeness (QED) is 0.848. The third-order valence-electron chi connectivity index (χ3n) is 4.43. The molecule has 23 heavy (non-hydrogen) atoms. The number of hydrogen-bond acceptors (Lipinski definition) is 4. The molecular weight excluding hydrogens is 296 g/mol. The van der Waals surface area contributed by atoms with Crippen LogP contribution in [0.4, 0.5) is 4.79 Å². The van der Waals surface area contributed by atoms with E-state index in [9.17, 15) is 4.79 Å². The van der Waals surface area contributed by atoms with Crippen molar-refractivity contribution in [3.8, 4) is 17.2 Å². The van der Waals surface area contributed by atoms with Crippen LogP contribution < -0.4 is 19.5 Å². The molecule has 0 unspecified atom stereocenters. The lowest BCUT2D eigenvalue weighted by Crippen LogP contribution is -2.45. The molecule has 6 heteroatoms. The molecule has 1 aromatic carbocycles. The van der Waals surface area contributed by atoms with E-state index in [0.29, 0.717) is 30.7 Å². The molecule has 0 bridgehead atoms. The summed E-state index contributed by atoms with van der Waals surface area (Å²) in [6, 6.07) is 5.82. The predicted octanol–water partition coefficient (Wildman–Crippen LogP) is 2.77. The minimum Gasteiger partial charge on any atom is -0.492 e. The van der Waals surface area contributed by atoms with E-state index in [1.807, 2.05) is 24.1 Å². The van der Waals surface area contributed by atoms with Gasteiger partial charge in [-0.2, -0.15) is 0 Å². The molecule has 2 amide bonds. The van der Waals surface area contributed by atoms with Crippen molar-refractivity contribution in [2.45, 2.75) is 38.1 Å². The lowest BCUT2D eigenvalue weighted by molar-refractivity contribution is 0.171. The molecule has 1 saturated carbocycles. The third-order valence-corrected chi connectivity index (χ3v) is 4.43. The first-order chi connectivity index (χ1) is 11.2. The molecule has 0 saturated heterocycles. The molecule has 1 aliphatic carbocycles. The second-order valence-electron chi connectivity index (χ2n) is 6.00. The maximum atomic E-state index is 12.1. The first-order valence-electron chi connectivity index (χ1n) is 8.27. The molecule has 1 fully saturated rings. The number of hydrogen-bond donors (Lipinski definition) is 1. The second kappa shape index (κ2) is 7.44. The van der Waals surface area contributed by atoms with Crippen molar-refractivity contribution in [1.29, 1.82) is 0 Å². The molecule has 6 nitrogen and oxygen atoms in total. The summed E-state index contributed by atoms with van der Waals surface area (Å²) in [5, 5.41) is 2.91. The third kappa shape index (κ3) is 4.00. The van der Waals surface area contributed by atoms with Gasteiger partial charge in [0.2, 0.25) is 6.79 Å². The van der Waals surface area contributed by atoms with E-state index >= 15 is 0 Å². The largest absolute Gasteiger partial charge is 0.492 e. The summed E-state index contributed by atoms with van der Waals surface area (Å²) in [7, 11) is 1.88. The van der Waals surface area contributed by atoms with Gasteiger partial charge in [0, 0.05) is 19.2 Å². The number of fused-ring (bicyclic) bond motifs is 1. The molecule has 0 spiro atoms. The Kier molecular flexibility index (Phi) is 5.10. The lowest BCUT2D eigenvalue weighted by atomic mass is 9.95. The van der Waals surface area contributed by atoms with Gasteiger partial charge in [-0.15, -0.1) is 0 Å². The molecule has 1 aliphatic heterocycles. The summed E-state index contributed by atoms with van der Waals surface area (Å²) in [5.74, 6) is 2.15. The van der Waals surface area contributed by atoms with Gasteiger partial charge in [-0.05, 0) is 25.0 Å². The number of rotatable bonds is 5. The molecule has 0 aromatic heterocycles. The van der Waals surface area contributed by atoms with E-state index < -0.39 is 0 Å². The van der Waals surface area contributed by atoms with Crippen LogP contribution in [0.1, 0.15) is 32.1 Å². The number of nitrogens with zero attached hydrogens (tertiary/aromatic N) is 1. The maximum absolute atomic E-state index is 12.1. The highest BCUT2D eigenvalue weighted by Crippen LogP contribution is 2.34. The van der Waals surface area contributed by atoms with Crippen molar-refractivity contribution in [3.05, 3.63) is 18.2 Å². The Hall–Kier alpha value is -2.11. The molecule has 1 aromatic rings. The van der Waals surface area contributed by atoms with E-state index in [4.69, 9.17) is 14.2 Å². The summed E-state index contributed by atoms with van der Waals surface area (Å²) in [6.45, 7) is 1.15. The van der Waals surface area contributed by atoms with E-state index in [-0.39, 0.29) is 12.8 Å². The van der Waals surface area contributed by atoms with Gasteiger partial charge in [-0.25, -0.2) is 4.79 Å². The minimum absolute atomic E-state index is 0.0220. The fourth-order valence-electron chi connectivity index (χ4n) is 3.05. The van der Waals surface area contributed by atoms with Crippen molar-refractivity contribution in [2.24, 2.45) is 0 Å². The zero-order valence-corrected chi connectivity index (χ0v) is 13.5. The Balaban J connectivity index is 1.38. The van der Waals surface area contributed by atoms with Gasteiger partial charge in [0.25, 0.3) is 0 Å². The van der Waals surface area contributed by atoms with Gasteiger partial charge in [-0.1, -0.05) is 19.3 Å². The average molecular weight is 320 g/mol. The number of nitrogens with one attached hydrogen (secondary N) is 1. The van der Waals surface area contributed by atoms with Crippen molar-refractivity contribution in [2.75, 3.05) is 27.0 Å². The number of carbonyl (C=O) groups excluding carboxylic acids is 1. The van der Waals surface area contributed by atoms with Crippen molar-refractivity contribution in [1.82, 2.24) is 10.2 Å². The average Bonchev–Trinajstić information content (AvgIpc) is 3.06. The van der Waals surface area contributed by atoms with Gasteiger partial charge in [0.15, 0.2) is 11.5 Å². The van der Waals surface area contributed by atoms with Gasteiger partial charge in [-0.3, -0.25) is 0 Å². The molecule has 1 N–H and O–H groups in total. The van der Waals surface area contributed by atoms with Crippen LogP contribution in [0.15, 0.2) is 18.2 Å². The normalized spacial score (nSPS) is 16.9. The monoisotopic (exact) mass is 320 g/mol. The number of amides is 2. The van der Waals surface area contributed by atoms with Crippen LogP contribution in [0.5, 0.6) is 17.2 Å². The minimum atomic E-state index is -0.0220. The van der Waals surface area contributed by atoms with Crippen molar-refractivity contribution >= 4 is 6.03 Å². The molecular formula is C17H24N2O4. The van der Waals surface area contributed by atoms with Crippen LogP contribution >= 0.6 is 0 Å². The molecule has 0 radical (unpaired) electrons. The highest BCUT2D eigenvalue weighted by molar-refractivity contribution is 5.74. The first kappa shape index (κ1) is 15.8. The summed E-state index contributed by atoms with van der Waals surface area (Å²) in [5.41, 5.74) is 0. The SMILES string of the molecule is CN(C(=O)NCCOc1ccc2c(c1)OCO2)C1CCCCC1. The van der Waals surface area contributed by atoms with Crippen LogP contribution in [0.2, 0.25) is 0 Å². The van der Waals surface area contributed by atoms with E-state index in [0.717, 1.165) is 18.6 Å². The van der Waals surface area contributed by atoms with E-state index in [1.54, 1.807) is 6.07 Å². The Morgan fingerprint density at radius 2 is 2.04 bits per heavy atom. The number of urea groups is 1. The van der Waals surface area contributed by atoms with Crippen LogP contribution in [0.3, 0.4) is 0 Å². The first-order valence-corrected chi connectivity index (χ1v) is 8.27. The topological polar surface area (TPSA) is 60.0 Å². The highest BCUT2D eigenvalue weighted by Gasteiger charge is 2.21. The number of benzene rings is 1. The Labute approximate surface area is 136 Å². The van der Waals surface area contributed by atoms with Crippen LogP contribution in [0, 0.1) is 0 Å². The summed E-state index contributed by atoms with van der Waals surface area (Å²) < 4.78 is 16.2. The summed E-state index contributed by atoms with van der Waals surface area (Å²) >= 11 is 0. The summed E-state index contributed by atoms with van der Waals surface area (Å²) in [4.78, 5) is 14.0. The van der Waals surface area contributed by atoms with E-state index in [2.05, 4.69) is 5.32 Å². The molecule has 1 heterocycles. The van der Waals surface area contributed by atoms with Gasteiger partial charge < -0.3 is 24.4 Å². The fourth-order valence-corrected chi connectivity index (χ4v) is 3.05. The second-order valence-corrected chi connectivity index (χ2v) is 6.00. The molecule has 2 aliphatic rings. The Morgan fingerprint density at radius 1 is 1.26 bits per heavy atom. The molecule has 126 valence electrons. The zero-order valence-electron chi connectivity index (χ0n) is 13.5. The summed E-state index contributed by atoms with van der Waals surface area (Å²) in [6.07, 6.45) is 5.94. The van der Waals surface area contributed by atoms with Crippen LogP contribution in [-0.2, 0) is 0 Å². The van der Waals surface area contributed by atoms with Gasteiger partial charge in [0.1, 0.15) is 12.4 Å². The van der Waals surface area contributed by atoms with Crippen molar-refractivity contribution < 1.29 is 19.0 Å². The van der Waals surface area contributed by atoms with E-state index in [1.165, 1.54) is 19.3 Å². The smallest absolute Gasteiger partial charge is 0.317 e. The number of carbonyl (C=O) groups is 1. The maximum Gasteiger partial charge on any atom is 0.317 e. The Bertz CT molecular complexity index is 543. The van der Waals surface area contributed by atoms with Gasteiger partial charge >= 0.3 is 6.03 Å².